The summed E-state index contributed by atoms with van der Waals surface area (Å²) in [7, 11) is -3.68. The Labute approximate surface area is 96.4 Å². The Balaban J connectivity index is 2.22. The third kappa shape index (κ3) is 4.32. The maximum absolute atomic E-state index is 11.5. The van der Waals surface area contributed by atoms with Crippen LogP contribution in [0.25, 0.3) is 0 Å². The van der Waals surface area contributed by atoms with Crippen molar-refractivity contribution < 1.29 is 12.6 Å². The summed E-state index contributed by atoms with van der Waals surface area (Å²) >= 11 is 0. The number of rotatable bonds is 8. The Hall–Kier alpha value is -0.880. The average Bonchev–Trinajstić information content (AvgIpc) is 2.77. The molecule has 0 atom stereocenters. The molecular weight excluding hydrogens is 228 g/mol. The highest BCUT2D eigenvalue weighted by atomic mass is 32.2. The summed E-state index contributed by atoms with van der Waals surface area (Å²) in [5, 5.41) is -0.124. The molecule has 0 aromatic carbocycles. The molecule has 1 heterocycles. The van der Waals surface area contributed by atoms with Crippen molar-refractivity contribution in [2.75, 3.05) is 6.61 Å². The van der Waals surface area contributed by atoms with Gasteiger partial charge in [0.15, 0.2) is 0 Å². The summed E-state index contributed by atoms with van der Waals surface area (Å²) in [6.07, 6.45) is 8.09. The quantitative estimate of drug-likeness (QED) is 0.563. The first-order valence-corrected chi connectivity index (χ1v) is 6.96. The van der Waals surface area contributed by atoms with Crippen LogP contribution in [-0.4, -0.2) is 25.0 Å². The highest BCUT2D eigenvalue weighted by Gasteiger charge is 2.16. The van der Waals surface area contributed by atoms with Gasteiger partial charge in [-0.25, -0.2) is 4.98 Å². The molecule has 1 N–H and O–H groups in total. The van der Waals surface area contributed by atoms with Crippen LogP contribution in [0.5, 0.6) is 0 Å². The molecule has 0 saturated carbocycles. The van der Waals surface area contributed by atoms with Gasteiger partial charge in [-0.05, 0) is 6.42 Å². The summed E-state index contributed by atoms with van der Waals surface area (Å²) in [5.41, 5.74) is 0. The van der Waals surface area contributed by atoms with E-state index in [0.29, 0.717) is 0 Å². The molecule has 5 nitrogen and oxygen atoms in total. The second kappa shape index (κ2) is 6.65. The fourth-order valence-electron chi connectivity index (χ4n) is 1.32. The van der Waals surface area contributed by atoms with Gasteiger partial charge in [-0.15, -0.1) is 0 Å². The Morgan fingerprint density at radius 3 is 2.69 bits per heavy atom. The second-order valence-electron chi connectivity index (χ2n) is 3.58. The number of nitrogens with one attached hydrogen (secondary N) is 1. The van der Waals surface area contributed by atoms with Crippen LogP contribution in [0, 0.1) is 0 Å². The monoisotopic (exact) mass is 246 g/mol. The summed E-state index contributed by atoms with van der Waals surface area (Å²) in [4.78, 5) is 6.16. The number of hydrogen-bond acceptors (Lipinski definition) is 4. The van der Waals surface area contributed by atoms with Gasteiger partial charge >= 0.3 is 10.1 Å². The predicted octanol–water partition coefficient (Wildman–Crippen LogP) is 2.09. The van der Waals surface area contributed by atoms with Gasteiger partial charge in [0.2, 0.25) is 0 Å². The standard InChI is InChI=1S/C10H18N2O3S/c1-2-3-4-5-6-9-15-16(13,14)10-11-7-8-12-10/h7-8H,2-6,9H2,1H3,(H,11,12). The predicted molar refractivity (Wildman–Crippen MR) is 60.5 cm³/mol. The minimum atomic E-state index is -3.68. The van der Waals surface area contributed by atoms with Gasteiger partial charge in [0, 0.05) is 12.4 Å². The van der Waals surface area contributed by atoms with Gasteiger partial charge in [0.25, 0.3) is 5.16 Å². The fourth-order valence-corrected chi connectivity index (χ4v) is 2.17. The van der Waals surface area contributed by atoms with E-state index < -0.39 is 10.1 Å². The van der Waals surface area contributed by atoms with Gasteiger partial charge in [0.1, 0.15) is 0 Å². The van der Waals surface area contributed by atoms with Crippen LogP contribution in [0.2, 0.25) is 0 Å². The number of aromatic amines is 1. The number of nitrogens with zero attached hydrogens (tertiary/aromatic N) is 1. The van der Waals surface area contributed by atoms with Gasteiger partial charge in [-0.2, -0.15) is 8.42 Å². The molecule has 0 aliphatic rings. The normalized spacial score (nSPS) is 11.8. The smallest absolute Gasteiger partial charge is 0.331 e. The zero-order valence-electron chi connectivity index (χ0n) is 9.48. The van der Waals surface area contributed by atoms with Crippen molar-refractivity contribution in [3.63, 3.8) is 0 Å². The third-order valence-electron chi connectivity index (χ3n) is 2.20. The van der Waals surface area contributed by atoms with Crippen molar-refractivity contribution in [1.82, 2.24) is 9.97 Å². The van der Waals surface area contributed by atoms with Crippen molar-refractivity contribution in [2.24, 2.45) is 0 Å². The van der Waals surface area contributed by atoms with Gasteiger partial charge in [-0.1, -0.05) is 32.6 Å². The Kier molecular flexibility index (Phi) is 5.48. The van der Waals surface area contributed by atoms with Crippen molar-refractivity contribution in [3.05, 3.63) is 12.4 Å². The number of hydrogen-bond donors (Lipinski definition) is 1. The summed E-state index contributed by atoms with van der Waals surface area (Å²) in [6.45, 7) is 2.37. The summed E-state index contributed by atoms with van der Waals surface area (Å²) in [6, 6.07) is 0. The minimum absolute atomic E-state index is 0.124. The molecular formula is C10H18N2O3S. The molecule has 0 aliphatic carbocycles. The first-order valence-electron chi connectivity index (χ1n) is 5.55. The number of imidazole rings is 1. The molecule has 0 amide bonds. The van der Waals surface area contributed by atoms with E-state index in [-0.39, 0.29) is 11.8 Å². The molecule has 16 heavy (non-hydrogen) atoms. The van der Waals surface area contributed by atoms with Crippen LogP contribution in [0.15, 0.2) is 17.6 Å². The van der Waals surface area contributed by atoms with E-state index in [0.717, 1.165) is 19.3 Å². The van der Waals surface area contributed by atoms with Crippen molar-refractivity contribution in [3.8, 4) is 0 Å². The van der Waals surface area contributed by atoms with Crippen LogP contribution in [0.1, 0.15) is 39.0 Å². The van der Waals surface area contributed by atoms with E-state index >= 15 is 0 Å². The lowest BCUT2D eigenvalue weighted by atomic mass is 10.2. The molecule has 0 spiro atoms. The number of H-pyrrole nitrogens is 1. The molecule has 0 aliphatic heterocycles. The Bertz CT molecular complexity index is 373. The summed E-state index contributed by atoms with van der Waals surface area (Å²) in [5.74, 6) is 0. The van der Waals surface area contributed by atoms with Crippen molar-refractivity contribution in [1.29, 1.82) is 0 Å². The van der Waals surface area contributed by atoms with Crippen LogP contribution in [0.3, 0.4) is 0 Å². The molecule has 6 heteroatoms. The molecule has 1 aromatic rings. The highest BCUT2D eigenvalue weighted by Crippen LogP contribution is 2.08. The Morgan fingerprint density at radius 2 is 2.06 bits per heavy atom. The number of unbranched alkanes of at least 4 members (excludes halogenated alkanes) is 4. The van der Waals surface area contributed by atoms with E-state index in [9.17, 15) is 8.42 Å². The average molecular weight is 246 g/mol. The van der Waals surface area contributed by atoms with Crippen molar-refractivity contribution in [2.45, 2.75) is 44.2 Å². The van der Waals surface area contributed by atoms with E-state index in [1.165, 1.54) is 25.2 Å². The van der Waals surface area contributed by atoms with Crippen LogP contribution in [0.4, 0.5) is 0 Å². The SMILES string of the molecule is CCCCCCCOS(=O)(=O)c1ncc[nH]1. The lowest BCUT2D eigenvalue weighted by Crippen LogP contribution is -2.09. The largest absolute Gasteiger partial charge is 0.334 e. The van der Waals surface area contributed by atoms with Gasteiger partial charge in [-0.3, -0.25) is 4.18 Å². The van der Waals surface area contributed by atoms with Crippen molar-refractivity contribution >= 4 is 10.1 Å². The molecule has 1 aromatic heterocycles. The zero-order chi connectivity index (χ0) is 11.9. The van der Waals surface area contributed by atoms with E-state index in [1.54, 1.807) is 0 Å². The maximum Gasteiger partial charge on any atom is 0.331 e. The number of aromatic nitrogens is 2. The first kappa shape index (κ1) is 13.2. The molecule has 0 saturated heterocycles. The lowest BCUT2D eigenvalue weighted by molar-refractivity contribution is 0.303. The van der Waals surface area contributed by atoms with E-state index in [1.807, 2.05) is 0 Å². The molecule has 0 radical (unpaired) electrons. The topological polar surface area (TPSA) is 72.1 Å². The van der Waals surface area contributed by atoms with Crippen LogP contribution < -0.4 is 0 Å². The third-order valence-corrected chi connectivity index (χ3v) is 3.37. The van der Waals surface area contributed by atoms with E-state index in [2.05, 4.69) is 16.9 Å². The highest BCUT2D eigenvalue weighted by molar-refractivity contribution is 7.86. The minimum Gasteiger partial charge on any atom is -0.334 e. The fraction of sp³-hybridized carbons (Fsp3) is 0.700. The van der Waals surface area contributed by atoms with Gasteiger partial charge < -0.3 is 4.98 Å². The van der Waals surface area contributed by atoms with Crippen LogP contribution >= 0.6 is 0 Å². The first-order chi connectivity index (χ1) is 7.67. The van der Waals surface area contributed by atoms with Crippen LogP contribution in [-0.2, 0) is 14.3 Å². The molecule has 0 fully saturated rings. The summed E-state index contributed by atoms with van der Waals surface area (Å²) < 4.78 is 27.8. The van der Waals surface area contributed by atoms with E-state index in [4.69, 9.17) is 4.18 Å². The molecule has 0 bridgehead atoms. The molecule has 1 rings (SSSR count). The zero-order valence-corrected chi connectivity index (χ0v) is 10.3. The molecule has 92 valence electrons. The second-order valence-corrected chi connectivity index (χ2v) is 5.12. The molecule has 0 unspecified atom stereocenters. The maximum atomic E-state index is 11.5. The Morgan fingerprint density at radius 1 is 1.31 bits per heavy atom. The lowest BCUT2D eigenvalue weighted by Gasteiger charge is -2.02. The van der Waals surface area contributed by atoms with Gasteiger partial charge in [0.05, 0.1) is 6.61 Å².